The zero-order valence-corrected chi connectivity index (χ0v) is 24.4. The van der Waals surface area contributed by atoms with E-state index in [0.29, 0.717) is 33.9 Å². The molecule has 0 N–H and O–H groups in total. The summed E-state index contributed by atoms with van der Waals surface area (Å²) < 4.78 is 21.6. The minimum Gasteiger partial charge on any atom is -0.493 e. The summed E-state index contributed by atoms with van der Waals surface area (Å²) in [4.78, 5) is 34.7. The zero-order valence-electron chi connectivity index (χ0n) is 22.8. The van der Waals surface area contributed by atoms with Crippen molar-refractivity contribution in [1.82, 2.24) is 9.80 Å². The second-order valence-electron chi connectivity index (χ2n) is 10.1. The lowest BCUT2D eigenvalue weighted by Crippen LogP contribution is -2.62. The fraction of sp³-hybridized carbons (Fsp3) is 0.345. The monoisotopic (exact) mass is 579 g/mol. The number of para-hydroxylation sites is 1. The van der Waals surface area contributed by atoms with E-state index in [1.165, 1.54) is 11.8 Å². The first-order valence-electron chi connectivity index (χ1n) is 12.7. The van der Waals surface area contributed by atoms with E-state index < -0.39 is 16.2 Å². The van der Waals surface area contributed by atoms with Crippen LogP contribution < -0.4 is 19.1 Å². The molecule has 11 heteroatoms. The summed E-state index contributed by atoms with van der Waals surface area (Å²) in [6.45, 7) is 0.579. The number of hydrogen-bond acceptors (Lipinski definition) is 9. The maximum absolute atomic E-state index is 14.9. The normalized spacial score (nSPS) is 25.9. The fourth-order valence-electron chi connectivity index (χ4n) is 6.65. The topological polar surface area (TPSA) is 84.7 Å². The van der Waals surface area contributed by atoms with E-state index in [1.807, 2.05) is 54.4 Å². The van der Waals surface area contributed by atoms with Crippen LogP contribution in [0.15, 0.2) is 59.2 Å². The van der Waals surface area contributed by atoms with Crippen LogP contribution in [0.1, 0.15) is 22.8 Å². The SMILES string of the molecule is COc1cc(C2CN(C)C3(C(=O)N(C)c4ccccc43)C23SC(=S)N(Cc2ccco2)C3=O)cc(OC)c1OC. The molecule has 4 heterocycles. The molecule has 2 fully saturated rings. The number of hydrogen-bond donors (Lipinski definition) is 0. The van der Waals surface area contributed by atoms with E-state index in [9.17, 15) is 9.59 Å². The molecule has 40 heavy (non-hydrogen) atoms. The Hall–Kier alpha value is -3.54. The molecule has 1 aromatic heterocycles. The lowest BCUT2D eigenvalue weighted by atomic mass is 9.72. The molecule has 2 aromatic carbocycles. The first-order valence-corrected chi connectivity index (χ1v) is 13.9. The number of carbonyl (C=O) groups is 2. The van der Waals surface area contributed by atoms with Gasteiger partial charge in [0.2, 0.25) is 11.7 Å². The molecular weight excluding hydrogens is 550 g/mol. The van der Waals surface area contributed by atoms with Gasteiger partial charge in [0.25, 0.3) is 5.91 Å². The van der Waals surface area contributed by atoms with Crippen molar-refractivity contribution in [2.45, 2.75) is 22.7 Å². The highest BCUT2D eigenvalue weighted by Gasteiger charge is 2.78. The molecule has 9 nitrogen and oxygen atoms in total. The van der Waals surface area contributed by atoms with Crippen LogP contribution in [0.25, 0.3) is 0 Å². The minimum absolute atomic E-state index is 0.172. The number of anilines is 1. The molecule has 0 saturated carbocycles. The quantitative estimate of drug-likeness (QED) is 0.402. The van der Waals surface area contributed by atoms with Crippen LogP contribution in [0.4, 0.5) is 5.69 Å². The van der Waals surface area contributed by atoms with E-state index in [0.717, 1.165) is 16.8 Å². The van der Waals surface area contributed by atoms with Crippen molar-refractivity contribution in [3.05, 3.63) is 71.7 Å². The molecule has 6 rings (SSSR count). The molecule has 2 spiro atoms. The Kier molecular flexibility index (Phi) is 6.36. The molecule has 2 saturated heterocycles. The molecule has 3 aliphatic heterocycles. The highest BCUT2D eigenvalue weighted by molar-refractivity contribution is 8.25. The van der Waals surface area contributed by atoms with Crippen molar-refractivity contribution in [2.24, 2.45) is 0 Å². The molecule has 3 unspecified atom stereocenters. The predicted octanol–water partition coefficient (Wildman–Crippen LogP) is 4.01. The van der Waals surface area contributed by atoms with E-state index in [4.69, 9.17) is 30.8 Å². The van der Waals surface area contributed by atoms with E-state index in [1.54, 1.807) is 50.5 Å². The number of furan rings is 1. The fourth-order valence-corrected chi connectivity index (χ4v) is 8.77. The van der Waals surface area contributed by atoms with E-state index in [-0.39, 0.29) is 18.4 Å². The number of methoxy groups -OCH3 is 3. The third kappa shape index (κ3) is 3.28. The first kappa shape index (κ1) is 26.7. The van der Waals surface area contributed by atoms with Gasteiger partial charge in [0.15, 0.2) is 17.0 Å². The van der Waals surface area contributed by atoms with Crippen LogP contribution in [0.5, 0.6) is 17.2 Å². The largest absolute Gasteiger partial charge is 0.493 e. The molecule has 3 atom stereocenters. The van der Waals surface area contributed by atoms with Crippen LogP contribution >= 0.6 is 24.0 Å². The summed E-state index contributed by atoms with van der Waals surface area (Å²) in [6.07, 6.45) is 1.57. The molecule has 0 aliphatic carbocycles. The highest BCUT2D eigenvalue weighted by atomic mass is 32.2. The third-order valence-electron chi connectivity index (χ3n) is 8.34. The lowest BCUT2D eigenvalue weighted by Gasteiger charge is -2.42. The molecule has 208 valence electrons. The number of thiocarbonyl (C=S) groups is 1. The van der Waals surface area contributed by atoms with Gasteiger partial charge in [-0.15, -0.1) is 0 Å². The Balaban J connectivity index is 1.62. The third-order valence-corrected chi connectivity index (χ3v) is 10.3. The van der Waals surface area contributed by atoms with Crippen LogP contribution in [0.2, 0.25) is 0 Å². The second kappa shape index (κ2) is 9.53. The smallest absolute Gasteiger partial charge is 0.254 e. The Labute approximate surface area is 241 Å². The van der Waals surface area contributed by atoms with Crippen LogP contribution in [-0.4, -0.2) is 72.7 Å². The Bertz CT molecular complexity index is 1500. The number of carbonyl (C=O) groups excluding carboxylic acids is 2. The number of benzene rings is 2. The standard InChI is InChI=1S/C29H29N3O6S2/c1-30-16-20(17-13-22(35-3)24(37-5)23(14-17)36-4)29(26(34)32(27(39)40-29)15-18-9-8-12-38-18)28(30)19-10-6-7-11-21(19)31(2)25(28)33/h6-14,20H,15-16H2,1-5H3. The maximum atomic E-state index is 14.9. The van der Waals surface area contributed by atoms with Crippen molar-refractivity contribution in [3.8, 4) is 17.2 Å². The van der Waals surface area contributed by atoms with Gasteiger partial charge in [0, 0.05) is 30.8 Å². The van der Waals surface area contributed by atoms with Crippen molar-refractivity contribution in [2.75, 3.05) is 46.9 Å². The average molecular weight is 580 g/mol. The van der Waals surface area contributed by atoms with Gasteiger partial charge in [-0.05, 0) is 42.9 Å². The number of ether oxygens (including phenoxy) is 3. The number of nitrogens with zero attached hydrogens (tertiary/aromatic N) is 3. The molecular formula is C29H29N3O6S2. The molecule has 3 aromatic rings. The van der Waals surface area contributed by atoms with Gasteiger partial charge < -0.3 is 23.5 Å². The number of likely N-dealkylation sites (N-methyl/N-ethyl adjacent to an activating group) is 2. The van der Waals surface area contributed by atoms with Crippen molar-refractivity contribution in [3.63, 3.8) is 0 Å². The van der Waals surface area contributed by atoms with Crippen LogP contribution in [0.3, 0.4) is 0 Å². The lowest BCUT2D eigenvalue weighted by molar-refractivity contribution is -0.139. The second-order valence-corrected chi connectivity index (χ2v) is 11.9. The summed E-state index contributed by atoms with van der Waals surface area (Å²) in [5.74, 6) is 1.12. The van der Waals surface area contributed by atoms with E-state index >= 15 is 0 Å². The molecule has 3 aliphatic rings. The molecule has 2 amide bonds. The van der Waals surface area contributed by atoms with Crippen LogP contribution in [0, 0.1) is 0 Å². The van der Waals surface area contributed by atoms with Gasteiger partial charge in [0.1, 0.15) is 14.8 Å². The van der Waals surface area contributed by atoms with Crippen molar-refractivity contribution >= 4 is 45.8 Å². The zero-order chi connectivity index (χ0) is 28.4. The summed E-state index contributed by atoms with van der Waals surface area (Å²) in [5, 5.41) is 0. The van der Waals surface area contributed by atoms with Gasteiger partial charge >= 0.3 is 0 Å². The van der Waals surface area contributed by atoms with Gasteiger partial charge in [-0.2, -0.15) is 0 Å². The number of likely N-dealkylation sites (tertiary alicyclic amines) is 1. The summed E-state index contributed by atoms with van der Waals surface area (Å²) in [7, 11) is 8.32. The number of thioether (sulfide) groups is 1. The van der Waals surface area contributed by atoms with Gasteiger partial charge in [-0.3, -0.25) is 19.4 Å². The number of fused-ring (bicyclic) bond motifs is 3. The van der Waals surface area contributed by atoms with E-state index in [2.05, 4.69) is 0 Å². The molecule has 0 bridgehead atoms. The highest BCUT2D eigenvalue weighted by Crippen LogP contribution is 2.67. The van der Waals surface area contributed by atoms with Gasteiger partial charge in [-0.25, -0.2) is 0 Å². The van der Waals surface area contributed by atoms with Crippen molar-refractivity contribution < 1.29 is 28.2 Å². The Morgan fingerprint density at radius 3 is 2.33 bits per heavy atom. The number of rotatable bonds is 6. The summed E-state index contributed by atoms with van der Waals surface area (Å²) >= 11 is 7.16. The maximum Gasteiger partial charge on any atom is 0.254 e. The van der Waals surface area contributed by atoms with Crippen LogP contribution in [-0.2, 0) is 21.7 Å². The average Bonchev–Trinajstić information content (AvgIpc) is 3.69. The van der Waals surface area contributed by atoms with Gasteiger partial charge in [0.05, 0.1) is 34.1 Å². The summed E-state index contributed by atoms with van der Waals surface area (Å²) in [6, 6.07) is 15.0. The van der Waals surface area contributed by atoms with Gasteiger partial charge in [-0.1, -0.05) is 42.2 Å². The predicted molar refractivity (Wildman–Crippen MR) is 155 cm³/mol. The number of amides is 2. The summed E-state index contributed by atoms with van der Waals surface area (Å²) in [5.41, 5.74) is 1.02. The molecule has 0 radical (unpaired) electrons. The first-order chi connectivity index (χ1) is 19.3. The Morgan fingerprint density at radius 2 is 1.70 bits per heavy atom. The van der Waals surface area contributed by atoms with Crippen molar-refractivity contribution in [1.29, 1.82) is 0 Å². The Morgan fingerprint density at radius 1 is 1.00 bits per heavy atom. The minimum atomic E-state index is -1.33.